The summed E-state index contributed by atoms with van der Waals surface area (Å²) in [5.74, 6) is -0.0575. The van der Waals surface area contributed by atoms with Crippen LogP contribution in [0, 0.1) is 6.92 Å². The summed E-state index contributed by atoms with van der Waals surface area (Å²) in [5.41, 5.74) is 2.48. The Morgan fingerprint density at radius 3 is 2.75 bits per heavy atom. The summed E-state index contributed by atoms with van der Waals surface area (Å²) in [6.07, 6.45) is 3.11. The van der Waals surface area contributed by atoms with Crippen LogP contribution < -0.4 is 10.6 Å². The zero-order valence-corrected chi connectivity index (χ0v) is 12.3. The number of carbonyl (C=O) groups is 1. The SMILES string of the molecule is CNCCNC(=O)c1ccc(-n2cncn2)cc1C.Cl. The molecule has 0 spiro atoms. The molecule has 20 heavy (non-hydrogen) atoms. The van der Waals surface area contributed by atoms with Crippen LogP contribution in [0.1, 0.15) is 15.9 Å². The number of likely N-dealkylation sites (N-methyl/N-ethyl adjacent to an activating group) is 1. The van der Waals surface area contributed by atoms with Crippen LogP contribution in [-0.2, 0) is 0 Å². The molecule has 0 atom stereocenters. The number of aryl methyl sites for hydroxylation is 1. The number of benzene rings is 1. The molecule has 0 unspecified atom stereocenters. The lowest BCUT2D eigenvalue weighted by molar-refractivity contribution is 0.0953. The summed E-state index contributed by atoms with van der Waals surface area (Å²) in [5, 5.41) is 9.90. The monoisotopic (exact) mass is 295 g/mol. The van der Waals surface area contributed by atoms with Gasteiger partial charge in [0.15, 0.2) is 0 Å². The molecular weight excluding hydrogens is 278 g/mol. The predicted octanol–water partition coefficient (Wildman–Crippen LogP) is 0.947. The van der Waals surface area contributed by atoms with E-state index >= 15 is 0 Å². The van der Waals surface area contributed by atoms with Crippen molar-refractivity contribution in [3.05, 3.63) is 42.0 Å². The van der Waals surface area contributed by atoms with Crippen molar-refractivity contribution in [1.29, 1.82) is 0 Å². The van der Waals surface area contributed by atoms with E-state index in [4.69, 9.17) is 0 Å². The summed E-state index contributed by atoms with van der Waals surface area (Å²) in [7, 11) is 1.85. The van der Waals surface area contributed by atoms with Gasteiger partial charge in [0.1, 0.15) is 12.7 Å². The molecule has 0 saturated heterocycles. The molecule has 108 valence electrons. The first-order chi connectivity index (χ1) is 9.22. The molecule has 6 nitrogen and oxygen atoms in total. The Morgan fingerprint density at radius 1 is 1.35 bits per heavy atom. The van der Waals surface area contributed by atoms with Crippen LogP contribution >= 0.6 is 12.4 Å². The van der Waals surface area contributed by atoms with E-state index in [2.05, 4.69) is 20.7 Å². The molecule has 2 N–H and O–H groups in total. The lowest BCUT2D eigenvalue weighted by atomic mass is 10.1. The maximum Gasteiger partial charge on any atom is 0.251 e. The normalized spacial score (nSPS) is 9.90. The molecule has 2 aromatic rings. The van der Waals surface area contributed by atoms with Gasteiger partial charge in [-0.1, -0.05) is 0 Å². The van der Waals surface area contributed by atoms with Gasteiger partial charge in [0.2, 0.25) is 0 Å². The number of halogens is 1. The van der Waals surface area contributed by atoms with Gasteiger partial charge in [-0.3, -0.25) is 4.79 Å². The van der Waals surface area contributed by atoms with Gasteiger partial charge in [-0.15, -0.1) is 12.4 Å². The van der Waals surface area contributed by atoms with Crippen LogP contribution in [0.25, 0.3) is 5.69 Å². The Hall–Kier alpha value is -1.92. The number of hydrogen-bond acceptors (Lipinski definition) is 4. The van der Waals surface area contributed by atoms with E-state index in [-0.39, 0.29) is 18.3 Å². The molecule has 0 aliphatic heterocycles. The maximum absolute atomic E-state index is 12.0. The van der Waals surface area contributed by atoms with Crippen LogP contribution in [0.4, 0.5) is 0 Å². The van der Waals surface area contributed by atoms with E-state index in [1.165, 1.54) is 6.33 Å². The molecule has 0 bridgehead atoms. The predicted molar refractivity (Wildman–Crippen MR) is 79.6 cm³/mol. The maximum atomic E-state index is 12.0. The van der Waals surface area contributed by atoms with E-state index < -0.39 is 0 Å². The largest absolute Gasteiger partial charge is 0.351 e. The van der Waals surface area contributed by atoms with Crippen molar-refractivity contribution in [2.45, 2.75) is 6.92 Å². The molecule has 2 rings (SSSR count). The van der Waals surface area contributed by atoms with Gasteiger partial charge in [0.05, 0.1) is 5.69 Å². The van der Waals surface area contributed by atoms with Gasteiger partial charge in [0.25, 0.3) is 5.91 Å². The minimum absolute atomic E-state index is 0. The molecule has 1 aromatic carbocycles. The second-order valence-corrected chi connectivity index (χ2v) is 4.20. The van der Waals surface area contributed by atoms with E-state index in [1.54, 1.807) is 17.1 Å². The van der Waals surface area contributed by atoms with Crippen molar-refractivity contribution in [3.8, 4) is 5.69 Å². The van der Waals surface area contributed by atoms with Gasteiger partial charge in [-0.25, -0.2) is 9.67 Å². The number of nitrogens with one attached hydrogen (secondary N) is 2. The van der Waals surface area contributed by atoms with Crippen molar-refractivity contribution >= 4 is 18.3 Å². The third kappa shape index (κ3) is 3.79. The lowest BCUT2D eigenvalue weighted by Crippen LogP contribution is -2.30. The standard InChI is InChI=1S/C13H17N5O.ClH/c1-10-7-11(18-9-15-8-17-18)3-4-12(10)13(19)16-6-5-14-2;/h3-4,7-9,14H,5-6H2,1-2H3,(H,16,19);1H. The third-order valence-corrected chi connectivity index (χ3v) is 2.80. The van der Waals surface area contributed by atoms with Gasteiger partial charge in [-0.05, 0) is 37.7 Å². The Balaban J connectivity index is 0.00000200. The molecule has 0 fully saturated rings. The van der Waals surface area contributed by atoms with Crippen LogP contribution in [0.15, 0.2) is 30.9 Å². The zero-order chi connectivity index (χ0) is 13.7. The van der Waals surface area contributed by atoms with E-state index in [1.807, 2.05) is 26.1 Å². The third-order valence-electron chi connectivity index (χ3n) is 2.80. The van der Waals surface area contributed by atoms with Crippen LogP contribution in [0.2, 0.25) is 0 Å². The topological polar surface area (TPSA) is 71.8 Å². The number of aromatic nitrogens is 3. The van der Waals surface area contributed by atoms with Crippen molar-refractivity contribution < 1.29 is 4.79 Å². The Kier molecular flexibility index (Phi) is 6.14. The number of amides is 1. The molecule has 1 amide bonds. The van der Waals surface area contributed by atoms with Crippen molar-refractivity contribution in [1.82, 2.24) is 25.4 Å². The van der Waals surface area contributed by atoms with E-state index in [9.17, 15) is 4.79 Å². The highest BCUT2D eigenvalue weighted by Gasteiger charge is 2.09. The molecule has 1 aromatic heterocycles. The molecule has 7 heteroatoms. The molecule has 0 aliphatic carbocycles. The quantitative estimate of drug-likeness (QED) is 0.806. The van der Waals surface area contributed by atoms with Gasteiger partial charge in [0, 0.05) is 18.7 Å². The van der Waals surface area contributed by atoms with E-state index in [0.717, 1.165) is 17.8 Å². The highest BCUT2D eigenvalue weighted by Crippen LogP contribution is 2.13. The van der Waals surface area contributed by atoms with Gasteiger partial charge >= 0.3 is 0 Å². The molecule has 1 heterocycles. The molecule has 0 saturated carbocycles. The van der Waals surface area contributed by atoms with Crippen LogP contribution in [0.3, 0.4) is 0 Å². The summed E-state index contributed by atoms with van der Waals surface area (Å²) >= 11 is 0. The average Bonchev–Trinajstić information content (AvgIpc) is 2.92. The number of rotatable bonds is 5. The first kappa shape index (κ1) is 16.1. The first-order valence-electron chi connectivity index (χ1n) is 6.11. The fourth-order valence-electron chi connectivity index (χ4n) is 1.78. The highest BCUT2D eigenvalue weighted by atomic mass is 35.5. The summed E-state index contributed by atoms with van der Waals surface area (Å²) in [4.78, 5) is 15.9. The van der Waals surface area contributed by atoms with Crippen LogP contribution in [0.5, 0.6) is 0 Å². The van der Waals surface area contributed by atoms with Gasteiger partial charge < -0.3 is 10.6 Å². The second-order valence-electron chi connectivity index (χ2n) is 4.20. The number of hydrogen-bond donors (Lipinski definition) is 2. The Labute approximate surface area is 124 Å². The molecule has 0 aliphatic rings. The first-order valence-corrected chi connectivity index (χ1v) is 6.11. The summed E-state index contributed by atoms with van der Waals surface area (Å²) < 4.78 is 1.66. The van der Waals surface area contributed by atoms with Crippen molar-refractivity contribution in [2.24, 2.45) is 0 Å². The highest BCUT2D eigenvalue weighted by molar-refractivity contribution is 5.95. The average molecular weight is 296 g/mol. The smallest absolute Gasteiger partial charge is 0.251 e. The zero-order valence-electron chi connectivity index (χ0n) is 11.5. The van der Waals surface area contributed by atoms with E-state index in [0.29, 0.717) is 12.1 Å². The number of carbonyl (C=O) groups excluding carboxylic acids is 1. The lowest BCUT2D eigenvalue weighted by Gasteiger charge is -2.09. The van der Waals surface area contributed by atoms with Crippen molar-refractivity contribution in [3.63, 3.8) is 0 Å². The number of nitrogens with zero attached hydrogens (tertiary/aromatic N) is 3. The summed E-state index contributed by atoms with van der Waals surface area (Å²) in [6, 6.07) is 5.58. The Morgan fingerprint density at radius 2 is 2.15 bits per heavy atom. The fraction of sp³-hybridized carbons (Fsp3) is 0.308. The van der Waals surface area contributed by atoms with Gasteiger partial charge in [-0.2, -0.15) is 5.10 Å². The Bertz CT molecular complexity index is 556. The molecular formula is C13H18ClN5O. The molecule has 0 radical (unpaired) electrons. The minimum atomic E-state index is -0.0575. The summed E-state index contributed by atoms with van der Waals surface area (Å²) in [6.45, 7) is 3.27. The minimum Gasteiger partial charge on any atom is -0.351 e. The second kappa shape index (κ2) is 7.62. The van der Waals surface area contributed by atoms with Crippen molar-refractivity contribution in [2.75, 3.05) is 20.1 Å². The van der Waals surface area contributed by atoms with Crippen LogP contribution in [-0.4, -0.2) is 40.8 Å². The fourth-order valence-corrected chi connectivity index (χ4v) is 1.78.